The van der Waals surface area contributed by atoms with Gasteiger partial charge in [0, 0.05) is 31.2 Å². The Balaban J connectivity index is 1.43. The van der Waals surface area contributed by atoms with Crippen molar-refractivity contribution in [3.8, 4) is 0 Å². The van der Waals surface area contributed by atoms with Crippen LogP contribution in [0.5, 0.6) is 0 Å². The third-order valence-corrected chi connectivity index (χ3v) is 5.41. The molecule has 3 N–H and O–H groups in total. The van der Waals surface area contributed by atoms with Crippen LogP contribution in [0.2, 0.25) is 0 Å². The molecule has 0 bridgehead atoms. The van der Waals surface area contributed by atoms with Gasteiger partial charge in [0.25, 0.3) is 0 Å². The summed E-state index contributed by atoms with van der Waals surface area (Å²) in [6.45, 7) is 6.12. The van der Waals surface area contributed by atoms with E-state index in [2.05, 4.69) is 76.3 Å². The van der Waals surface area contributed by atoms with Gasteiger partial charge in [-0.25, -0.2) is 9.67 Å². The quantitative estimate of drug-likeness (QED) is 0.479. The van der Waals surface area contributed by atoms with Crippen molar-refractivity contribution in [2.45, 2.75) is 26.8 Å². The molecule has 152 valence electrons. The zero-order valence-electron chi connectivity index (χ0n) is 17.5. The molecule has 3 heterocycles. The Labute approximate surface area is 175 Å². The maximum Gasteiger partial charge on any atom is 0.229 e. The summed E-state index contributed by atoms with van der Waals surface area (Å²) in [5.41, 5.74) is 7.93. The van der Waals surface area contributed by atoms with Gasteiger partial charge in [-0.2, -0.15) is 10.1 Å². The Morgan fingerprint density at radius 1 is 0.967 bits per heavy atom. The smallest absolute Gasteiger partial charge is 0.229 e. The fourth-order valence-electron chi connectivity index (χ4n) is 4.06. The number of anilines is 4. The minimum atomic E-state index is 0.562. The first-order valence-corrected chi connectivity index (χ1v) is 10.2. The first kappa shape index (κ1) is 18.6. The zero-order valence-corrected chi connectivity index (χ0v) is 17.5. The van der Waals surface area contributed by atoms with Crippen LogP contribution in [0.25, 0.3) is 11.0 Å². The second-order valence-electron chi connectivity index (χ2n) is 7.94. The fourth-order valence-corrected chi connectivity index (χ4v) is 4.06. The summed E-state index contributed by atoms with van der Waals surface area (Å²) in [5, 5.41) is 15.7. The molecule has 0 unspecified atom stereocenters. The molecule has 7 heteroatoms. The molecule has 1 aliphatic rings. The topological polar surface area (TPSA) is 79.7 Å². The number of aryl methyl sites for hydroxylation is 3. The van der Waals surface area contributed by atoms with Gasteiger partial charge in [0.05, 0.1) is 5.39 Å². The van der Waals surface area contributed by atoms with Crippen molar-refractivity contribution in [3.63, 3.8) is 0 Å². The van der Waals surface area contributed by atoms with Crippen LogP contribution in [0, 0.1) is 13.8 Å². The van der Waals surface area contributed by atoms with E-state index in [4.69, 9.17) is 4.98 Å². The normalized spacial score (nSPS) is 13.3. The maximum absolute atomic E-state index is 4.70. The molecule has 0 fully saturated rings. The van der Waals surface area contributed by atoms with Gasteiger partial charge >= 0.3 is 0 Å². The van der Waals surface area contributed by atoms with E-state index in [-0.39, 0.29) is 0 Å². The van der Waals surface area contributed by atoms with E-state index in [0.717, 1.165) is 47.7 Å². The minimum Gasteiger partial charge on any atom is -0.338 e. The Hall–Kier alpha value is -3.45. The van der Waals surface area contributed by atoms with Crippen molar-refractivity contribution in [1.82, 2.24) is 25.1 Å². The molecule has 0 radical (unpaired) electrons. The highest BCUT2D eigenvalue weighted by Gasteiger charge is 2.13. The van der Waals surface area contributed by atoms with E-state index < -0.39 is 0 Å². The van der Waals surface area contributed by atoms with Gasteiger partial charge < -0.3 is 16.0 Å². The number of nitrogens with one attached hydrogen (secondary N) is 3. The number of benzene rings is 2. The SMILES string of the molecule is Cc1cc(C)cc(Nc2nn(C)c3nc(Nc4ccc5c(c4)CNCC5)ncc23)c1. The molecule has 7 nitrogen and oxygen atoms in total. The first-order valence-electron chi connectivity index (χ1n) is 10.2. The lowest BCUT2D eigenvalue weighted by atomic mass is 10.0. The van der Waals surface area contributed by atoms with E-state index >= 15 is 0 Å². The molecule has 4 aromatic rings. The third kappa shape index (κ3) is 3.59. The number of nitrogens with zero attached hydrogens (tertiary/aromatic N) is 4. The second-order valence-corrected chi connectivity index (χ2v) is 7.94. The van der Waals surface area contributed by atoms with Crippen molar-refractivity contribution in [3.05, 3.63) is 64.8 Å². The molecule has 2 aromatic heterocycles. The Bertz CT molecular complexity index is 1220. The van der Waals surface area contributed by atoms with Crippen molar-refractivity contribution < 1.29 is 0 Å². The Kier molecular flexibility index (Phi) is 4.59. The molecule has 0 spiro atoms. The molecule has 0 amide bonds. The van der Waals surface area contributed by atoms with Crippen LogP contribution in [0.15, 0.2) is 42.6 Å². The molecule has 0 atom stereocenters. The molecule has 1 aliphatic heterocycles. The maximum atomic E-state index is 4.70. The average molecular weight is 400 g/mol. The summed E-state index contributed by atoms with van der Waals surface area (Å²) in [7, 11) is 1.90. The molecule has 2 aromatic carbocycles. The van der Waals surface area contributed by atoms with Crippen LogP contribution in [-0.4, -0.2) is 26.3 Å². The summed E-state index contributed by atoms with van der Waals surface area (Å²) < 4.78 is 1.78. The van der Waals surface area contributed by atoms with Crippen molar-refractivity contribution in [2.24, 2.45) is 7.05 Å². The average Bonchev–Trinajstić information content (AvgIpc) is 3.02. The Morgan fingerprint density at radius 3 is 2.63 bits per heavy atom. The lowest BCUT2D eigenvalue weighted by molar-refractivity contribution is 0.644. The van der Waals surface area contributed by atoms with E-state index in [1.165, 1.54) is 22.3 Å². The lowest BCUT2D eigenvalue weighted by Gasteiger charge is -2.18. The fraction of sp³-hybridized carbons (Fsp3) is 0.261. The van der Waals surface area contributed by atoms with Crippen molar-refractivity contribution >= 4 is 34.2 Å². The highest BCUT2D eigenvalue weighted by molar-refractivity contribution is 5.89. The minimum absolute atomic E-state index is 0.562. The summed E-state index contributed by atoms with van der Waals surface area (Å²) in [6.07, 6.45) is 2.89. The monoisotopic (exact) mass is 399 g/mol. The molecule has 30 heavy (non-hydrogen) atoms. The van der Waals surface area contributed by atoms with E-state index in [1.807, 2.05) is 13.2 Å². The van der Waals surface area contributed by atoms with Gasteiger partial charge in [-0.1, -0.05) is 12.1 Å². The molecule has 0 saturated carbocycles. The number of fused-ring (bicyclic) bond motifs is 2. The van der Waals surface area contributed by atoms with Crippen LogP contribution in [0.4, 0.5) is 23.1 Å². The molecular weight excluding hydrogens is 374 g/mol. The highest BCUT2D eigenvalue weighted by atomic mass is 15.3. The largest absolute Gasteiger partial charge is 0.338 e. The lowest BCUT2D eigenvalue weighted by Crippen LogP contribution is -2.23. The van der Waals surface area contributed by atoms with Crippen LogP contribution in [0.1, 0.15) is 22.3 Å². The van der Waals surface area contributed by atoms with E-state index in [9.17, 15) is 0 Å². The molecule has 5 rings (SSSR count). The number of hydrogen-bond acceptors (Lipinski definition) is 6. The van der Waals surface area contributed by atoms with Crippen molar-refractivity contribution in [2.75, 3.05) is 17.2 Å². The van der Waals surface area contributed by atoms with Crippen LogP contribution < -0.4 is 16.0 Å². The van der Waals surface area contributed by atoms with Crippen LogP contribution >= 0.6 is 0 Å². The van der Waals surface area contributed by atoms with Gasteiger partial charge in [0.1, 0.15) is 0 Å². The Morgan fingerprint density at radius 2 is 1.80 bits per heavy atom. The van der Waals surface area contributed by atoms with Gasteiger partial charge in [0.2, 0.25) is 5.95 Å². The van der Waals surface area contributed by atoms with Crippen molar-refractivity contribution in [1.29, 1.82) is 0 Å². The van der Waals surface area contributed by atoms with E-state index in [1.54, 1.807) is 4.68 Å². The zero-order chi connectivity index (χ0) is 20.7. The number of hydrogen-bond donors (Lipinski definition) is 3. The van der Waals surface area contributed by atoms with Gasteiger partial charge in [0.15, 0.2) is 11.5 Å². The van der Waals surface area contributed by atoms with Crippen LogP contribution in [-0.2, 0) is 20.0 Å². The predicted octanol–water partition coefficient (Wildman–Crippen LogP) is 4.11. The molecular formula is C23H25N7. The van der Waals surface area contributed by atoms with E-state index in [0.29, 0.717) is 5.95 Å². The van der Waals surface area contributed by atoms with Gasteiger partial charge in [-0.05, 0) is 73.3 Å². The third-order valence-electron chi connectivity index (χ3n) is 5.41. The van der Waals surface area contributed by atoms with Gasteiger partial charge in [-0.3, -0.25) is 0 Å². The summed E-state index contributed by atoms with van der Waals surface area (Å²) in [5.74, 6) is 1.32. The number of rotatable bonds is 4. The van der Waals surface area contributed by atoms with Crippen LogP contribution in [0.3, 0.4) is 0 Å². The summed E-state index contributed by atoms with van der Waals surface area (Å²) in [4.78, 5) is 9.24. The standard InChI is InChI=1S/C23H25N7/c1-14-8-15(2)10-19(9-14)26-21-20-13-25-23(28-22(20)30(3)29-21)27-18-5-4-16-6-7-24-12-17(16)11-18/h4-5,8-11,13,24H,6-7,12H2,1-3H3,(H,26,29)(H,25,27,28). The highest BCUT2D eigenvalue weighted by Crippen LogP contribution is 2.27. The summed E-state index contributed by atoms with van der Waals surface area (Å²) >= 11 is 0. The first-order chi connectivity index (χ1) is 14.5. The summed E-state index contributed by atoms with van der Waals surface area (Å²) in [6, 6.07) is 12.8. The second kappa shape index (κ2) is 7.42. The number of aromatic nitrogens is 4. The molecule has 0 saturated heterocycles. The predicted molar refractivity (Wildman–Crippen MR) is 121 cm³/mol. The van der Waals surface area contributed by atoms with Gasteiger partial charge in [-0.15, -0.1) is 0 Å². The molecule has 0 aliphatic carbocycles.